The van der Waals surface area contributed by atoms with Crippen molar-refractivity contribution < 1.29 is 9.53 Å². The minimum atomic E-state index is 0.623. The highest BCUT2D eigenvalue weighted by Gasteiger charge is 2.06. The SMILES string of the molecule is CC.CN1CCOCC1.O=Cc1ccc(-c2ccc3ncc(C#Cc4ccnc(Nc5ccccn5)c4)n3n2)cc1. The second kappa shape index (κ2) is 15.0. The van der Waals surface area contributed by atoms with Crippen molar-refractivity contribution in [3.05, 3.63) is 102 Å². The number of carbonyl (C=O) groups is 1. The molecule has 5 aromatic rings. The van der Waals surface area contributed by atoms with E-state index in [-0.39, 0.29) is 0 Å². The molecule has 0 radical (unpaired) electrons. The standard InChI is InChI=1S/C25H16N6O.C5H11NO.C2H6/c32-17-19-4-7-20(8-5-19)22-10-11-25-28-16-21(31(25)30-22)9-6-18-12-14-27-24(15-18)29-23-3-1-2-13-26-23;1-6-2-4-7-5-3-6;1-2/h1-5,7-8,10-17H,(H,26,27,29);2-5H2,1H3;1-2H3. The highest BCUT2D eigenvalue weighted by atomic mass is 16.5. The largest absolute Gasteiger partial charge is 0.379 e. The van der Waals surface area contributed by atoms with Crippen LogP contribution in [0.3, 0.4) is 0 Å². The fourth-order valence-corrected chi connectivity index (χ4v) is 3.78. The van der Waals surface area contributed by atoms with Gasteiger partial charge in [0.05, 0.1) is 25.1 Å². The van der Waals surface area contributed by atoms with Crippen LogP contribution in [0.5, 0.6) is 0 Å². The van der Waals surface area contributed by atoms with E-state index in [9.17, 15) is 4.79 Å². The average molecular weight is 548 g/mol. The molecule has 0 atom stereocenters. The van der Waals surface area contributed by atoms with Gasteiger partial charge in [-0.25, -0.2) is 19.5 Å². The van der Waals surface area contributed by atoms with Gasteiger partial charge in [-0.05, 0) is 49.4 Å². The Morgan fingerprint density at radius 2 is 1.66 bits per heavy atom. The second-order valence-corrected chi connectivity index (χ2v) is 8.81. The Labute approximate surface area is 240 Å². The zero-order chi connectivity index (χ0) is 28.9. The summed E-state index contributed by atoms with van der Waals surface area (Å²) < 4.78 is 6.81. The summed E-state index contributed by atoms with van der Waals surface area (Å²) in [5.41, 5.74) is 4.47. The van der Waals surface area contributed by atoms with Crippen LogP contribution in [-0.2, 0) is 4.74 Å². The second-order valence-electron chi connectivity index (χ2n) is 8.81. The number of carbonyl (C=O) groups excluding carboxylic acids is 1. The van der Waals surface area contributed by atoms with Gasteiger partial charge in [-0.2, -0.15) is 5.10 Å². The molecule has 5 heterocycles. The average Bonchev–Trinajstić information content (AvgIpc) is 3.45. The van der Waals surface area contributed by atoms with Crippen molar-refractivity contribution in [3.8, 4) is 23.1 Å². The van der Waals surface area contributed by atoms with Gasteiger partial charge in [-0.15, -0.1) is 0 Å². The molecule has 1 fully saturated rings. The van der Waals surface area contributed by atoms with Crippen molar-refractivity contribution in [2.24, 2.45) is 0 Å². The Balaban J connectivity index is 0.000000372. The van der Waals surface area contributed by atoms with Gasteiger partial charge in [0.2, 0.25) is 0 Å². The molecule has 0 bridgehead atoms. The van der Waals surface area contributed by atoms with Crippen LogP contribution in [0, 0.1) is 11.8 Å². The predicted molar refractivity (Wildman–Crippen MR) is 161 cm³/mol. The lowest BCUT2D eigenvalue weighted by Crippen LogP contribution is -2.32. The molecule has 0 spiro atoms. The van der Waals surface area contributed by atoms with E-state index in [2.05, 4.69) is 49.2 Å². The number of rotatable bonds is 4. The summed E-state index contributed by atoms with van der Waals surface area (Å²) in [7, 11) is 2.11. The summed E-state index contributed by atoms with van der Waals surface area (Å²) in [6, 6.07) is 20.4. The number of anilines is 2. The van der Waals surface area contributed by atoms with Crippen molar-refractivity contribution in [1.29, 1.82) is 0 Å². The fraction of sp³-hybridized carbons (Fsp3) is 0.219. The maximum absolute atomic E-state index is 10.9. The number of hydrogen-bond acceptors (Lipinski definition) is 8. The first-order valence-corrected chi connectivity index (χ1v) is 13.5. The molecular weight excluding hydrogens is 514 g/mol. The zero-order valence-corrected chi connectivity index (χ0v) is 23.5. The van der Waals surface area contributed by atoms with E-state index in [1.807, 2.05) is 68.4 Å². The number of nitrogens with zero attached hydrogens (tertiary/aromatic N) is 6. The quantitative estimate of drug-likeness (QED) is 0.245. The van der Waals surface area contributed by atoms with E-state index in [1.165, 1.54) is 0 Å². The van der Waals surface area contributed by atoms with E-state index in [1.54, 1.807) is 35.2 Å². The van der Waals surface area contributed by atoms with Crippen molar-refractivity contribution in [1.82, 2.24) is 29.5 Å². The number of likely N-dealkylation sites (N-methyl/N-ethyl adjacent to an activating group) is 1. The van der Waals surface area contributed by atoms with Crippen molar-refractivity contribution >= 4 is 23.6 Å². The summed E-state index contributed by atoms with van der Waals surface area (Å²) in [4.78, 5) is 26.1. The van der Waals surface area contributed by atoms with Crippen LogP contribution in [0.1, 0.15) is 35.5 Å². The first-order chi connectivity index (χ1) is 20.2. The maximum atomic E-state index is 10.9. The predicted octanol–water partition coefficient (Wildman–Crippen LogP) is 5.12. The van der Waals surface area contributed by atoms with Gasteiger partial charge in [-0.1, -0.05) is 50.1 Å². The molecule has 208 valence electrons. The number of aromatic nitrogens is 5. The van der Waals surface area contributed by atoms with Crippen molar-refractivity contribution in [2.45, 2.75) is 13.8 Å². The Hall–Kier alpha value is -4.91. The number of imidazole rings is 1. The van der Waals surface area contributed by atoms with Gasteiger partial charge in [0.25, 0.3) is 0 Å². The van der Waals surface area contributed by atoms with Crippen molar-refractivity contribution in [3.63, 3.8) is 0 Å². The maximum Gasteiger partial charge on any atom is 0.154 e. The third kappa shape index (κ3) is 8.29. The summed E-state index contributed by atoms with van der Waals surface area (Å²) >= 11 is 0. The van der Waals surface area contributed by atoms with E-state index in [4.69, 9.17) is 4.74 Å². The first-order valence-electron chi connectivity index (χ1n) is 13.5. The van der Waals surface area contributed by atoms with E-state index in [0.717, 1.165) is 49.4 Å². The molecule has 1 N–H and O–H groups in total. The summed E-state index contributed by atoms with van der Waals surface area (Å²) in [5, 5.41) is 7.84. The molecule has 0 unspecified atom stereocenters. The first kappa shape index (κ1) is 29.1. The number of aldehydes is 1. The summed E-state index contributed by atoms with van der Waals surface area (Å²) in [6.45, 7) is 8.02. The van der Waals surface area contributed by atoms with Crippen LogP contribution in [0.25, 0.3) is 16.9 Å². The third-order valence-electron chi connectivity index (χ3n) is 5.96. The molecular formula is C32H33N7O2. The fourth-order valence-electron chi connectivity index (χ4n) is 3.78. The van der Waals surface area contributed by atoms with E-state index >= 15 is 0 Å². The number of nitrogens with one attached hydrogen (secondary N) is 1. The van der Waals surface area contributed by atoms with E-state index < -0.39 is 0 Å². The molecule has 0 saturated carbocycles. The van der Waals surface area contributed by atoms with Crippen LogP contribution in [0.4, 0.5) is 11.6 Å². The third-order valence-corrected chi connectivity index (χ3v) is 5.96. The molecule has 41 heavy (non-hydrogen) atoms. The molecule has 1 aromatic carbocycles. The van der Waals surface area contributed by atoms with Crippen LogP contribution in [-0.4, -0.2) is 69.1 Å². The lowest BCUT2D eigenvalue weighted by atomic mass is 10.1. The smallest absolute Gasteiger partial charge is 0.154 e. The molecule has 0 amide bonds. The number of pyridine rings is 2. The van der Waals surface area contributed by atoms with Gasteiger partial charge in [0.1, 0.15) is 23.6 Å². The molecule has 4 aromatic heterocycles. The monoisotopic (exact) mass is 547 g/mol. The highest BCUT2D eigenvalue weighted by molar-refractivity contribution is 5.76. The lowest BCUT2D eigenvalue weighted by Gasteiger charge is -2.21. The Bertz CT molecular complexity index is 1600. The van der Waals surface area contributed by atoms with Gasteiger partial charge in [-0.3, -0.25) is 4.79 Å². The molecule has 1 aliphatic heterocycles. The molecule has 1 aliphatic rings. The van der Waals surface area contributed by atoms with E-state index in [0.29, 0.717) is 28.5 Å². The summed E-state index contributed by atoms with van der Waals surface area (Å²) in [5.74, 6) is 7.66. The van der Waals surface area contributed by atoms with Crippen molar-refractivity contribution in [2.75, 3.05) is 38.7 Å². The minimum absolute atomic E-state index is 0.623. The summed E-state index contributed by atoms with van der Waals surface area (Å²) in [6.07, 6.45) is 5.93. The molecule has 9 nitrogen and oxygen atoms in total. The number of benzene rings is 1. The number of fused-ring (bicyclic) bond motifs is 1. The van der Waals surface area contributed by atoms with Crippen LogP contribution in [0.2, 0.25) is 0 Å². The number of morpholine rings is 1. The zero-order valence-electron chi connectivity index (χ0n) is 23.5. The van der Waals surface area contributed by atoms with Gasteiger partial charge >= 0.3 is 0 Å². The van der Waals surface area contributed by atoms with Crippen LogP contribution >= 0.6 is 0 Å². The highest BCUT2D eigenvalue weighted by Crippen LogP contribution is 2.18. The molecule has 0 aliphatic carbocycles. The van der Waals surface area contributed by atoms with Gasteiger partial charge in [0, 0.05) is 42.2 Å². The minimum Gasteiger partial charge on any atom is -0.379 e. The Kier molecular flexibility index (Phi) is 10.7. The van der Waals surface area contributed by atoms with Crippen LogP contribution < -0.4 is 5.32 Å². The normalized spacial score (nSPS) is 12.6. The lowest BCUT2D eigenvalue weighted by molar-refractivity contribution is 0.0503. The molecule has 9 heteroatoms. The number of hydrogen-bond donors (Lipinski definition) is 1. The Morgan fingerprint density at radius 3 is 2.34 bits per heavy atom. The topological polar surface area (TPSA) is 97.5 Å². The van der Waals surface area contributed by atoms with Gasteiger partial charge < -0.3 is 15.0 Å². The molecule has 1 saturated heterocycles. The molecule has 6 rings (SSSR count). The van der Waals surface area contributed by atoms with Gasteiger partial charge in [0.15, 0.2) is 5.65 Å². The number of ether oxygens (including phenoxy) is 1. The van der Waals surface area contributed by atoms with Crippen LogP contribution in [0.15, 0.2) is 85.3 Å². The Morgan fingerprint density at radius 1 is 0.878 bits per heavy atom.